The highest BCUT2D eigenvalue weighted by atomic mass is 16.5. The summed E-state index contributed by atoms with van der Waals surface area (Å²) < 4.78 is 7.06. The summed E-state index contributed by atoms with van der Waals surface area (Å²) in [4.78, 5) is 11.0. The van der Waals surface area contributed by atoms with Crippen LogP contribution in [-0.4, -0.2) is 46.2 Å². The van der Waals surface area contributed by atoms with Crippen LogP contribution in [0, 0.1) is 0 Å². The third-order valence-corrected chi connectivity index (χ3v) is 5.07. The highest BCUT2D eigenvalue weighted by Gasteiger charge is 2.11. The van der Waals surface area contributed by atoms with Crippen LogP contribution < -0.4 is 15.1 Å². The molecule has 8 heteroatoms. The van der Waals surface area contributed by atoms with Gasteiger partial charge in [0.05, 0.1) is 30.6 Å². The van der Waals surface area contributed by atoms with Crippen LogP contribution in [0.5, 0.6) is 5.75 Å². The maximum absolute atomic E-state index is 5.31. The van der Waals surface area contributed by atoms with Gasteiger partial charge in [-0.3, -0.25) is 5.43 Å². The lowest BCUT2D eigenvalue weighted by Gasteiger charge is -2.20. The highest BCUT2D eigenvalue weighted by Crippen LogP contribution is 2.23. The van der Waals surface area contributed by atoms with Crippen LogP contribution in [0.3, 0.4) is 0 Å². The van der Waals surface area contributed by atoms with Crippen molar-refractivity contribution in [2.45, 2.75) is 13.8 Å². The summed E-state index contributed by atoms with van der Waals surface area (Å²) in [6.07, 6.45) is 5.00. The third kappa shape index (κ3) is 4.32. The van der Waals surface area contributed by atoms with Gasteiger partial charge >= 0.3 is 0 Å². The Bertz CT molecular complexity index is 1180. The molecule has 0 radical (unpaired) electrons. The first-order valence-corrected chi connectivity index (χ1v) is 10.2. The fraction of sp³-hybridized carbons (Fsp3) is 0.217. The average Bonchev–Trinajstić information content (AvgIpc) is 3.26. The van der Waals surface area contributed by atoms with Gasteiger partial charge in [0.2, 0.25) is 0 Å². The van der Waals surface area contributed by atoms with Gasteiger partial charge < -0.3 is 9.64 Å². The number of hydrogen-bond acceptors (Lipinski definition) is 7. The molecule has 8 nitrogen and oxygen atoms in total. The average molecular weight is 416 g/mol. The van der Waals surface area contributed by atoms with Crippen molar-refractivity contribution in [3.8, 4) is 11.4 Å². The number of rotatable bonds is 8. The zero-order chi connectivity index (χ0) is 21.6. The van der Waals surface area contributed by atoms with E-state index >= 15 is 0 Å². The topological polar surface area (TPSA) is 80.5 Å². The predicted molar refractivity (Wildman–Crippen MR) is 124 cm³/mol. The summed E-state index contributed by atoms with van der Waals surface area (Å²) in [7, 11) is 1.64. The first-order valence-electron chi connectivity index (χ1n) is 10.2. The Balaban J connectivity index is 1.53. The standard InChI is InChI=1S/C23H25N7O/c1-4-29(5-2)18-11-9-17(10-12-18)14-26-28-22-21-15-27-30(23(21)25-16-24-22)19-7-6-8-20(13-19)31-3/h6-16H,4-5H2,1-3H3,(H,24,25,28)/b26-14+. The summed E-state index contributed by atoms with van der Waals surface area (Å²) in [5.41, 5.74) is 6.76. The largest absolute Gasteiger partial charge is 0.497 e. The van der Waals surface area contributed by atoms with Gasteiger partial charge in [0, 0.05) is 24.8 Å². The van der Waals surface area contributed by atoms with E-state index < -0.39 is 0 Å². The molecular formula is C23H25N7O. The first-order chi connectivity index (χ1) is 15.2. The molecule has 0 aliphatic rings. The lowest BCUT2D eigenvalue weighted by atomic mass is 10.2. The van der Waals surface area contributed by atoms with E-state index in [0.29, 0.717) is 11.5 Å². The van der Waals surface area contributed by atoms with Gasteiger partial charge in [0.1, 0.15) is 12.1 Å². The van der Waals surface area contributed by atoms with Crippen molar-refractivity contribution >= 4 is 28.8 Å². The molecule has 2 heterocycles. The number of nitrogens with zero attached hydrogens (tertiary/aromatic N) is 6. The minimum Gasteiger partial charge on any atom is -0.497 e. The van der Waals surface area contributed by atoms with Gasteiger partial charge in [0.15, 0.2) is 11.5 Å². The van der Waals surface area contributed by atoms with E-state index in [2.05, 4.69) is 68.6 Å². The number of fused-ring (bicyclic) bond motifs is 1. The zero-order valence-corrected chi connectivity index (χ0v) is 17.9. The second kappa shape index (κ2) is 9.25. The molecule has 0 amide bonds. The number of ether oxygens (including phenoxy) is 1. The van der Waals surface area contributed by atoms with E-state index in [1.165, 1.54) is 12.0 Å². The molecular weight excluding hydrogens is 390 g/mol. The molecule has 0 unspecified atom stereocenters. The number of hydrogen-bond donors (Lipinski definition) is 1. The van der Waals surface area contributed by atoms with Crippen molar-refractivity contribution in [3.63, 3.8) is 0 Å². The van der Waals surface area contributed by atoms with Crippen molar-refractivity contribution in [3.05, 3.63) is 66.6 Å². The van der Waals surface area contributed by atoms with Crippen LogP contribution in [0.25, 0.3) is 16.7 Å². The molecule has 0 fully saturated rings. The van der Waals surface area contributed by atoms with Crippen molar-refractivity contribution in [2.24, 2.45) is 5.10 Å². The van der Waals surface area contributed by atoms with Crippen LogP contribution in [0.4, 0.5) is 11.5 Å². The molecule has 31 heavy (non-hydrogen) atoms. The maximum Gasteiger partial charge on any atom is 0.168 e. The molecule has 2 aromatic carbocycles. The molecule has 1 N–H and O–H groups in total. The molecule has 4 aromatic rings. The van der Waals surface area contributed by atoms with Crippen LogP contribution in [0.1, 0.15) is 19.4 Å². The summed E-state index contributed by atoms with van der Waals surface area (Å²) in [5, 5.41) is 9.60. The first kappa shape index (κ1) is 20.3. The van der Waals surface area contributed by atoms with E-state index in [1.807, 2.05) is 24.3 Å². The monoisotopic (exact) mass is 415 g/mol. The molecule has 2 aromatic heterocycles. The molecule has 0 bridgehead atoms. The Morgan fingerprint density at radius 2 is 1.90 bits per heavy atom. The number of nitrogens with one attached hydrogen (secondary N) is 1. The minimum atomic E-state index is 0.593. The van der Waals surface area contributed by atoms with Gasteiger partial charge in [-0.25, -0.2) is 14.6 Å². The Labute approximate surface area is 181 Å². The van der Waals surface area contributed by atoms with Gasteiger partial charge in [-0.05, 0) is 43.7 Å². The molecule has 0 saturated carbocycles. The molecule has 4 rings (SSSR count). The third-order valence-electron chi connectivity index (χ3n) is 5.07. The fourth-order valence-electron chi connectivity index (χ4n) is 3.39. The van der Waals surface area contributed by atoms with E-state index in [9.17, 15) is 0 Å². The van der Waals surface area contributed by atoms with Gasteiger partial charge in [-0.1, -0.05) is 18.2 Å². The van der Waals surface area contributed by atoms with E-state index in [0.717, 1.165) is 35.5 Å². The van der Waals surface area contributed by atoms with Crippen LogP contribution >= 0.6 is 0 Å². The zero-order valence-electron chi connectivity index (χ0n) is 17.9. The van der Waals surface area contributed by atoms with Crippen molar-refractivity contribution < 1.29 is 4.74 Å². The lowest BCUT2D eigenvalue weighted by molar-refractivity contribution is 0.414. The van der Waals surface area contributed by atoms with E-state index in [1.54, 1.807) is 24.2 Å². The smallest absolute Gasteiger partial charge is 0.168 e. The van der Waals surface area contributed by atoms with Crippen molar-refractivity contribution in [1.82, 2.24) is 19.7 Å². The lowest BCUT2D eigenvalue weighted by Crippen LogP contribution is -2.21. The van der Waals surface area contributed by atoms with Gasteiger partial charge in [0.25, 0.3) is 0 Å². The Morgan fingerprint density at radius 1 is 1.10 bits per heavy atom. The van der Waals surface area contributed by atoms with E-state index in [4.69, 9.17) is 4.74 Å². The number of benzene rings is 2. The number of aromatic nitrogens is 4. The number of anilines is 2. The quantitative estimate of drug-likeness (QED) is 0.344. The normalized spacial score (nSPS) is 11.2. The van der Waals surface area contributed by atoms with Gasteiger partial charge in [-0.2, -0.15) is 10.2 Å². The fourth-order valence-corrected chi connectivity index (χ4v) is 3.39. The second-order valence-electron chi connectivity index (χ2n) is 6.85. The summed E-state index contributed by atoms with van der Waals surface area (Å²) >= 11 is 0. The Kier molecular flexibility index (Phi) is 6.07. The van der Waals surface area contributed by atoms with Crippen LogP contribution in [0.2, 0.25) is 0 Å². The molecule has 0 atom stereocenters. The molecule has 0 saturated heterocycles. The molecule has 158 valence electrons. The van der Waals surface area contributed by atoms with Gasteiger partial charge in [-0.15, -0.1) is 0 Å². The van der Waals surface area contributed by atoms with Crippen molar-refractivity contribution in [2.75, 3.05) is 30.5 Å². The summed E-state index contributed by atoms with van der Waals surface area (Å²) in [6.45, 7) is 6.28. The van der Waals surface area contributed by atoms with Crippen LogP contribution in [0.15, 0.2) is 66.2 Å². The summed E-state index contributed by atoms with van der Waals surface area (Å²) in [5.74, 6) is 1.35. The molecule has 0 aliphatic carbocycles. The van der Waals surface area contributed by atoms with Crippen LogP contribution in [-0.2, 0) is 0 Å². The molecule has 0 spiro atoms. The molecule has 0 aliphatic heterocycles. The minimum absolute atomic E-state index is 0.593. The highest BCUT2D eigenvalue weighted by molar-refractivity contribution is 5.88. The number of hydrazone groups is 1. The second-order valence-corrected chi connectivity index (χ2v) is 6.85. The SMILES string of the molecule is CCN(CC)c1ccc(/C=N/Nc2ncnc3c2cnn3-c2cccc(OC)c2)cc1. The van der Waals surface area contributed by atoms with Crippen molar-refractivity contribution in [1.29, 1.82) is 0 Å². The Morgan fingerprint density at radius 3 is 2.65 bits per heavy atom. The summed E-state index contributed by atoms with van der Waals surface area (Å²) in [6, 6.07) is 16.0. The number of methoxy groups -OCH3 is 1. The van der Waals surface area contributed by atoms with E-state index in [-0.39, 0.29) is 0 Å². The Hall–Kier alpha value is -3.94. The maximum atomic E-state index is 5.31. The predicted octanol–water partition coefficient (Wildman–Crippen LogP) is 4.12.